The van der Waals surface area contributed by atoms with Crippen molar-refractivity contribution in [2.75, 3.05) is 0 Å². The van der Waals surface area contributed by atoms with Crippen molar-refractivity contribution in [3.05, 3.63) is 180 Å². The van der Waals surface area contributed by atoms with Crippen molar-refractivity contribution in [3.8, 4) is 44.5 Å². The minimum Gasteiger partial charge on any atom is -0.455 e. The lowest BCUT2D eigenvalue weighted by molar-refractivity contribution is 0.670. The summed E-state index contributed by atoms with van der Waals surface area (Å²) in [6.07, 6.45) is 0. The van der Waals surface area contributed by atoms with Crippen LogP contribution in [0.4, 0.5) is 0 Å². The van der Waals surface area contributed by atoms with Crippen LogP contribution in [0.1, 0.15) is 5.56 Å². The fourth-order valence-electron chi connectivity index (χ4n) is 8.83. The molecule has 2 heterocycles. The van der Waals surface area contributed by atoms with E-state index in [1.807, 2.05) is 0 Å². The Labute approximate surface area is 311 Å². The van der Waals surface area contributed by atoms with Gasteiger partial charge >= 0.3 is 0 Å². The highest BCUT2D eigenvalue weighted by Gasteiger charge is 2.22. The number of thiophene rings is 1. The third kappa shape index (κ3) is 4.49. The first kappa shape index (κ1) is 30.2. The van der Waals surface area contributed by atoms with Gasteiger partial charge in [0, 0.05) is 21.9 Å². The zero-order valence-electron chi connectivity index (χ0n) is 29.1. The van der Waals surface area contributed by atoms with Gasteiger partial charge in [-0.3, -0.25) is 0 Å². The van der Waals surface area contributed by atoms with Gasteiger partial charge in [0.15, 0.2) is 0 Å². The topological polar surface area (TPSA) is 13.1 Å². The van der Waals surface area contributed by atoms with E-state index in [2.05, 4.69) is 181 Å². The van der Waals surface area contributed by atoms with Gasteiger partial charge in [-0.1, -0.05) is 152 Å². The summed E-state index contributed by atoms with van der Waals surface area (Å²) in [5.74, 6) is 0. The van der Waals surface area contributed by atoms with Gasteiger partial charge in [0.1, 0.15) is 11.2 Å². The van der Waals surface area contributed by atoms with E-state index < -0.39 is 0 Å². The molecule has 0 fully saturated rings. The number of hydrogen-bond donors (Lipinski definition) is 0. The summed E-state index contributed by atoms with van der Waals surface area (Å²) in [6.45, 7) is 2.22. The Morgan fingerprint density at radius 1 is 0.358 bits per heavy atom. The summed E-state index contributed by atoms with van der Waals surface area (Å²) in [5, 5.41) is 16.8. The molecule has 0 N–H and O–H groups in total. The molecule has 2 heteroatoms. The van der Waals surface area contributed by atoms with Crippen LogP contribution in [0, 0.1) is 6.92 Å². The minimum absolute atomic E-state index is 0.894. The summed E-state index contributed by atoms with van der Waals surface area (Å²) in [5.41, 5.74) is 12.9. The van der Waals surface area contributed by atoms with Gasteiger partial charge in [-0.2, -0.15) is 11.3 Å². The molecular formula is C51H32OS. The molecule has 0 bridgehead atoms. The van der Waals surface area contributed by atoms with Crippen LogP contribution in [0.5, 0.6) is 0 Å². The molecular weight excluding hydrogens is 661 g/mol. The summed E-state index contributed by atoms with van der Waals surface area (Å²) in [4.78, 5) is 0. The first-order valence-electron chi connectivity index (χ1n) is 18.2. The van der Waals surface area contributed by atoms with Gasteiger partial charge in [0.25, 0.3) is 0 Å². The number of rotatable bonds is 4. The molecule has 0 atom stereocenters. The SMILES string of the molecule is Cc1cscc1-c1c2ccccc2c(-c2ccc3c(c2)oc2c(-c4c5ccccc5c(-c5ccccc5)c5ccccc45)cccc23)c2ccccc12. The molecule has 11 rings (SSSR count). The van der Waals surface area contributed by atoms with Crippen molar-refractivity contribution < 1.29 is 4.42 Å². The number of para-hydroxylation sites is 1. The van der Waals surface area contributed by atoms with E-state index in [0.29, 0.717) is 0 Å². The minimum atomic E-state index is 0.894. The van der Waals surface area contributed by atoms with Crippen LogP contribution in [0.2, 0.25) is 0 Å². The smallest absolute Gasteiger partial charge is 0.143 e. The quantitative estimate of drug-likeness (QED) is 0.167. The van der Waals surface area contributed by atoms with Gasteiger partial charge in [-0.15, -0.1) is 0 Å². The number of furan rings is 1. The van der Waals surface area contributed by atoms with Crippen LogP contribution in [-0.4, -0.2) is 0 Å². The van der Waals surface area contributed by atoms with E-state index >= 15 is 0 Å². The molecule has 0 saturated carbocycles. The van der Waals surface area contributed by atoms with E-state index in [1.54, 1.807) is 11.3 Å². The maximum Gasteiger partial charge on any atom is 0.143 e. The molecule has 0 aliphatic rings. The average molecular weight is 693 g/mol. The second kappa shape index (κ2) is 11.8. The second-order valence-electron chi connectivity index (χ2n) is 14.0. The second-order valence-corrected chi connectivity index (χ2v) is 14.8. The number of aryl methyl sites for hydroxylation is 1. The van der Waals surface area contributed by atoms with Crippen LogP contribution in [0.15, 0.2) is 179 Å². The highest BCUT2D eigenvalue weighted by atomic mass is 32.1. The lowest BCUT2D eigenvalue weighted by Gasteiger charge is -2.17. The van der Waals surface area contributed by atoms with Gasteiger partial charge in [0.05, 0.1) is 0 Å². The average Bonchev–Trinajstić information content (AvgIpc) is 3.81. The largest absolute Gasteiger partial charge is 0.455 e. The Bertz CT molecular complexity index is 3120. The molecule has 0 amide bonds. The normalized spacial score (nSPS) is 11.9. The molecule has 9 aromatic carbocycles. The Hall–Kier alpha value is -6.48. The maximum absolute atomic E-state index is 7.04. The van der Waals surface area contributed by atoms with Gasteiger partial charge in [-0.25, -0.2) is 0 Å². The van der Waals surface area contributed by atoms with Crippen LogP contribution in [-0.2, 0) is 0 Å². The molecule has 248 valence electrons. The highest BCUT2D eigenvalue weighted by Crippen LogP contribution is 2.48. The first-order valence-corrected chi connectivity index (χ1v) is 19.1. The van der Waals surface area contributed by atoms with Crippen LogP contribution in [0.3, 0.4) is 0 Å². The lowest BCUT2D eigenvalue weighted by atomic mass is 9.85. The Kier molecular flexibility index (Phi) is 6.71. The van der Waals surface area contributed by atoms with Crippen molar-refractivity contribution in [2.45, 2.75) is 6.92 Å². The van der Waals surface area contributed by atoms with Gasteiger partial charge < -0.3 is 4.42 Å². The molecule has 0 radical (unpaired) electrons. The monoisotopic (exact) mass is 692 g/mol. The summed E-state index contributed by atoms with van der Waals surface area (Å²) in [7, 11) is 0. The van der Waals surface area contributed by atoms with Crippen molar-refractivity contribution in [1.82, 2.24) is 0 Å². The number of benzene rings is 9. The molecule has 53 heavy (non-hydrogen) atoms. The zero-order chi connectivity index (χ0) is 35.0. The highest BCUT2D eigenvalue weighted by molar-refractivity contribution is 7.08. The number of hydrogen-bond acceptors (Lipinski definition) is 2. The molecule has 0 spiro atoms. The Morgan fingerprint density at radius 2 is 0.830 bits per heavy atom. The summed E-state index contributed by atoms with van der Waals surface area (Å²) in [6, 6.07) is 59.6. The third-order valence-electron chi connectivity index (χ3n) is 11.1. The van der Waals surface area contributed by atoms with E-state index in [4.69, 9.17) is 4.42 Å². The van der Waals surface area contributed by atoms with Crippen molar-refractivity contribution in [2.24, 2.45) is 0 Å². The van der Waals surface area contributed by atoms with E-state index in [1.165, 1.54) is 82.0 Å². The predicted molar refractivity (Wildman–Crippen MR) is 228 cm³/mol. The standard InChI is InChI=1S/C51H32OS/c1-31-29-53-30-45(31)50-41-22-11-7-18-37(41)48(38-19-8-12-23-42(38)50)33-26-27-34-43-24-13-25-44(51(43)52-46(34)28-33)49-39-20-9-5-16-35(39)47(32-14-3-2-4-15-32)36-17-6-10-21-40(36)49/h2-30H,1H3. The van der Waals surface area contributed by atoms with Crippen molar-refractivity contribution in [1.29, 1.82) is 0 Å². The number of fused-ring (bicyclic) bond motifs is 7. The predicted octanol–water partition coefficient (Wildman–Crippen LogP) is 15.2. The fourth-order valence-corrected chi connectivity index (χ4v) is 9.67. The lowest BCUT2D eigenvalue weighted by Crippen LogP contribution is -1.90. The van der Waals surface area contributed by atoms with E-state index in [-0.39, 0.29) is 0 Å². The van der Waals surface area contributed by atoms with Crippen molar-refractivity contribution in [3.63, 3.8) is 0 Å². The van der Waals surface area contributed by atoms with Crippen molar-refractivity contribution >= 4 is 76.4 Å². The zero-order valence-corrected chi connectivity index (χ0v) is 29.9. The van der Waals surface area contributed by atoms with Crippen LogP contribution < -0.4 is 0 Å². The third-order valence-corrected chi connectivity index (χ3v) is 12.0. The van der Waals surface area contributed by atoms with Gasteiger partial charge in [0.2, 0.25) is 0 Å². The van der Waals surface area contributed by atoms with Crippen LogP contribution in [0.25, 0.3) is 110 Å². The molecule has 0 aliphatic carbocycles. The summed E-state index contributed by atoms with van der Waals surface area (Å²) >= 11 is 1.77. The van der Waals surface area contributed by atoms with E-state index in [0.717, 1.165) is 33.1 Å². The molecule has 0 saturated heterocycles. The Balaban J connectivity index is 1.18. The van der Waals surface area contributed by atoms with Gasteiger partial charge in [-0.05, 0) is 112 Å². The summed E-state index contributed by atoms with van der Waals surface area (Å²) < 4.78 is 7.04. The fraction of sp³-hybridized carbons (Fsp3) is 0.0196. The molecule has 1 nitrogen and oxygen atoms in total. The molecule has 11 aromatic rings. The Morgan fingerprint density at radius 3 is 1.36 bits per heavy atom. The van der Waals surface area contributed by atoms with Crippen LogP contribution >= 0.6 is 11.3 Å². The molecule has 2 aromatic heterocycles. The molecule has 0 aliphatic heterocycles. The maximum atomic E-state index is 7.04. The molecule has 0 unspecified atom stereocenters. The first-order chi connectivity index (χ1) is 26.2. The van der Waals surface area contributed by atoms with E-state index in [9.17, 15) is 0 Å².